The zero-order chi connectivity index (χ0) is 14.9. The summed E-state index contributed by atoms with van der Waals surface area (Å²) in [6, 6.07) is 4.36. The third kappa shape index (κ3) is 2.70. The van der Waals surface area contributed by atoms with Crippen LogP contribution < -0.4 is 5.32 Å². The minimum absolute atomic E-state index is 0.107. The number of aromatic nitrogens is 2. The van der Waals surface area contributed by atoms with Crippen LogP contribution in [0, 0.1) is 13.8 Å². The minimum atomic E-state index is -4.40. The van der Waals surface area contributed by atoms with Crippen LogP contribution >= 0.6 is 0 Å². The molecular weight excluding hydrogens is 267 g/mol. The van der Waals surface area contributed by atoms with E-state index in [-0.39, 0.29) is 5.69 Å². The maximum atomic E-state index is 13.2. The second-order valence-electron chi connectivity index (χ2n) is 4.66. The number of imidazole rings is 1. The van der Waals surface area contributed by atoms with Crippen LogP contribution in [0.3, 0.4) is 0 Å². The normalized spacial score (nSPS) is 11.9. The lowest BCUT2D eigenvalue weighted by Gasteiger charge is -2.16. The van der Waals surface area contributed by atoms with Crippen molar-refractivity contribution in [2.75, 3.05) is 7.05 Å². The summed E-state index contributed by atoms with van der Waals surface area (Å²) in [5.41, 5.74) is 1.48. The first-order chi connectivity index (χ1) is 9.34. The van der Waals surface area contributed by atoms with Crippen molar-refractivity contribution in [2.45, 2.75) is 26.6 Å². The van der Waals surface area contributed by atoms with Crippen LogP contribution in [0.2, 0.25) is 0 Å². The number of rotatable bonds is 3. The van der Waals surface area contributed by atoms with E-state index in [0.29, 0.717) is 17.8 Å². The van der Waals surface area contributed by atoms with Crippen LogP contribution in [0.1, 0.15) is 22.5 Å². The molecule has 0 radical (unpaired) electrons. The zero-order valence-corrected chi connectivity index (χ0v) is 11.5. The van der Waals surface area contributed by atoms with Crippen molar-refractivity contribution in [3.63, 3.8) is 0 Å². The molecule has 0 aliphatic carbocycles. The molecule has 0 bridgehead atoms. The van der Waals surface area contributed by atoms with Crippen LogP contribution in [0.4, 0.5) is 13.2 Å². The average Bonchev–Trinajstić information content (AvgIpc) is 2.70. The van der Waals surface area contributed by atoms with Crippen molar-refractivity contribution in [1.29, 1.82) is 0 Å². The Kier molecular flexibility index (Phi) is 3.85. The molecule has 108 valence electrons. The zero-order valence-electron chi connectivity index (χ0n) is 11.5. The van der Waals surface area contributed by atoms with E-state index in [0.717, 1.165) is 5.69 Å². The summed E-state index contributed by atoms with van der Waals surface area (Å²) in [7, 11) is 1.70. The number of aryl methyl sites for hydroxylation is 1. The fraction of sp³-hybridized carbons (Fsp3) is 0.357. The number of nitrogens with zero attached hydrogens (tertiary/aromatic N) is 2. The van der Waals surface area contributed by atoms with Gasteiger partial charge in [0, 0.05) is 12.2 Å². The van der Waals surface area contributed by atoms with Gasteiger partial charge in [0.2, 0.25) is 0 Å². The van der Waals surface area contributed by atoms with Crippen molar-refractivity contribution in [2.24, 2.45) is 0 Å². The molecule has 0 saturated carbocycles. The predicted molar refractivity (Wildman–Crippen MR) is 70.8 cm³/mol. The number of hydrogen-bond donors (Lipinski definition) is 1. The van der Waals surface area contributed by atoms with Crippen LogP contribution in [0.15, 0.2) is 24.5 Å². The molecule has 1 N–H and O–H groups in total. The Morgan fingerprint density at radius 1 is 1.25 bits per heavy atom. The Morgan fingerprint density at radius 2 is 1.95 bits per heavy atom. The smallest absolute Gasteiger partial charge is 0.316 e. The Hall–Kier alpha value is -1.82. The predicted octanol–water partition coefficient (Wildman–Crippen LogP) is 3.23. The molecule has 3 nitrogen and oxygen atoms in total. The number of benzene rings is 1. The number of nitrogens with one attached hydrogen (secondary N) is 1. The number of alkyl halides is 3. The molecule has 0 unspecified atom stereocenters. The van der Waals surface area contributed by atoms with E-state index in [4.69, 9.17) is 0 Å². The van der Waals surface area contributed by atoms with E-state index in [1.165, 1.54) is 23.0 Å². The van der Waals surface area contributed by atoms with Crippen LogP contribution in [0.25, 0.3) is 5.69 Å². The summed E-state index contributed by atoms with van der Waals surface area (Å²) in [5.74, 6) is 0. The summed E-state index contributed by atoms with van der Waals surface area (Å²) in [5, 5.41) is 2.85. The Morgan fingerprint density at radius 3 is 2.45 bits per heavy atom. The molecule has 1 aromatic carbocycles. The highest BCUT2D eigenvalue weighted by atomic mass is 19.4. The van der Waals surface area contributed by atoms with Crippen molar-refractivity contribution in [3.05, 3.63) is 47.0 Å². The topological polar surface area (TPSA) is 29.9 Å². The lowest BCUT2D eigenvalue weighted by Crippen LogP contribution is -2.13. The first kappa shape index (κ1) is 14.6. The van der Waals surface area contributed by atoms with Crippen LogP contribution in [0.5, 0.6) is 0 Å². The lowest BCUT2D eigenvalue weighted by molar-refractivity contribution is -0.137. The van der Waals surface area contributed by atoms with E-state index in [2.05, 4.69) is 10.3 Å². The molecule has 2 aromatic rings. The van der Waals surface area contributed by atoms with Crippen molar-refractivity contribution >= 4 is 0 Å². The first-order valence-corrected chi connectivity index (χ1v) is 6.20. The molecule has 0 aliphatic rings. The lowest BCUT2D eigenvalue weighted by atomic mass is 10.1. The molecule has 0 spiro atoms. The first-order valence-electron chi connectivity index (χ1n) is 6.20. The standard InChI is InChI=1S/C14H16F3N3/c1-9-10(2)20(8-19-9)13-5-4-11(7-18-3)6-12(13)14(15,16)17/h4-6,8,18H,7H2,1-3H3. The van der Waals surface area contributed by atoms with Gasteiger partial charge in [-0.25, -0.2) is 4.98 Å². The van der Waals surface area contributed by atoms with Gasteiger partial charge in [-0.2, -0.15) is 13.2 Å². The van der Waals surface area contributed by atoms with Crippen molar-refractivity contribution < 1.29 is 13.2 Å². The summed E-state index contributed by atoms with van der Waals surface area (Å²) in [6.45, 7) is 3.92. The minimum Gasteiger partial charge on any atom is -0.316 e. The van der Waals surface area contributed by atoms with E-state index in [9.17, 15) is 13.2 Å². The van der Waals surface area contributed by atoms with Gasteiger partial charge < -0.3 is 9.88 Å². The average molecular weight is 283 g/mol. The Bertz CT molecular complexity index is 615. The van der Waals surface area contributed by atoms with E-state index >= 15 is 0 Å². The monoisotopic (exact) mass is 283 g/mol. The maximum absolute atomic E-state index is 13.2. The quantitative estimate of drug-likeness (QED) is 0.937. The van der Waals surface area contributed by atoms with E-state index < -0.39 is 11.7 Å². The third-order valence-electron chi connectivity index (χ3n) is 3.26. The molecule has 0 aliphatic heterocycles. The van der Waals surface area contributed by atoms with E-state index in [1.807, 2.05) is 0 Å². The third-order valence-corrected chi connectivity index (χ3v) is 3.26. The largest absolute Gasteiger partial charge is 0.418 e. The van der Waals surface area contributed by atoms with Gasteiger partial charge >= 0.3 is 6.18 Å². The van der Waals surface area contributed by atoms with Gasteiger partial charge in [0.05, 0.1) is 23.3 Å². The van der Waals surface area contributed by atoms with Gasteiger partial charge in [-0.1, -0.05) is 6.07 Å². The molecule has 0 atom stereocenters. The molecular formula is C14H16F3N3. The second kappa shape index (κ2) is 5.28. The van der Waals surface area contributed by atoms with Gasteiger partial charge in [-0.05, 0) is 38.6 Å². The second-order valence-corrected chi connectivity index (χ2v) is 4.66. The van der Waals surface area contributed by atoms with Crippen LogP contribution in [-0.2, 0) is 12.7 Å². The fourth-order valence-corrected chi connectivity index (χ4v) is 2.08. The summed E-state index contributed by atoms with van der Waals surface area (Å²) in [6.07, 6.45) is -2.98. The van der Waals surface area contributed by atoms with Gasteiger partial charge in [-0.15, -0.1) is 0 Å². The van der Waals surface area contributed by atoms with Gasteiger partial charge in [-0.3, -0.25) is 0 Å². The Balaban J connectivity index is 2.61. The van der Waals surface area contributed by atoms with Crippen molar-refractivity contribution in [3.8, 4) is 5.69 Å². The molecule has 6 heteroatoms. The molecule has 1 heterocycles. The summed E-state index contributed by atoms with van der Waals surface area (Å²) in [4.78, 5) is 4.06. The van der Waals surface area contributed by atoms with E-state index in [1.54, 1.807) is 27.0 Å². The highest BCUT2D eigenvalue weighted by Crippen LogP contribution is 2.35. The van der Waals surface area contributed by atoms with Gasteiger partial charge in [0.1, 0.15) is 0 Å². The van der Waals surface area contributed by atoms with Gasteiger partial charge in [0.15, 0.2) is 0 Å². The molecule has 2 rings (SSSR count). The molecule has 20 heavy (non-hydrogen) atoms. The SMILES string of the molecule is CNCc1ccc(-n2cnc(C)c2C)c(C(F)(F)F)c1. The molecule has 1 aromatic heterocycles. The number of hydrogen-bond acceptors (Lipinski definition) is 2. The maximum Gasteiger partial charge on any atom is 0.418 e. The summed E-state index contributed by atoms with van der Waals surface area (Å²) < 4.78 is 41.2. The molecule has 0 amide bonds. The van der Waals surface area contributed by atoms with Crippen molar-refractivity contribution in [1.82, 2.24) is 14.9 Å². The Labute approximate surface area is 115 Å². The highest BCUT2D eigenvalue weighted by Gasteiger charge is 2.34. The fourth-order valence-electron chi connectivity index (χ4n) is 2.08. The summed E-state index contributed by atoms with van der Waals surface area (Å²) >= 11 is 0. The molecule has 0 fully saturated rings. The molecule has 0 saturated heterocycles. The van der Waals surface area contributed by atoms with Gasteiger partial charge in [0.25, 0.3) is 0 Å². The number of halogens is 3. The van der Waals surface area contributed by atoms with Crippen LogP contribution in [-0.4, -0.2) is 16.6 Å². The highest BCUT2D eigenvalue weighted by molar-refractivity contribution is 5.47.